The molecule has 0 saturated heterocycles. The van der Waals surface area contributed by atoms with Crippen LogP contribution in [0.5, 0.6) is 0 Å². The van der Waals surface area contributed by atoms with Crippen molar-refractivity contribution in [1.29, 1.82) is 0 Å². The summed E-state index contributed by atoms with van der Waals surface area (Å²) >= 11 is 0. The molecule has 0 atom stereocenters. The molecule has 5 heteroatoms. The highest BCUT2D eigenvalue weighted by atomic mass is 16.5. The van der Waals surface area contributed by atoms with Crippen molar-refractivity contribution in [2.75, 3.05) is 19.0 Å². The summed E-state index contributed by atoms with van der Waals surface area (Å²) in [6.45, 7) is 4.09. The SMILES string of the molecule is CCCOC(=O)Nc1ccc(C(=O)OC)cc1C. The summed E-state index contributed by atoms with van der Waals surface area (Å²) in [6.07, 6.45) is 0.277. The van der Waals surface area contributed by atoms with E-state index in [9.17, 15) is 9.59 Å². The van der Waals surface area contributed by atoms with Crippen molar-refractivity contribution in [2.45, 2.75) is 20.3 Å². The Balaban J connectivity index is 2.74. The predicted octanol–water partition coefficient (Wildman–Crippen LogP) is 2.74. The minimum atomic E-state index is -0.495. The number of esters is 1. The molecule has 0 radical (unpaired) electrons. The van der Waals surface area contributed by atoms with E-state index in [1.807, 2.05) is 6.92 Å². The monoisotopic (exact) mass is 251 g/mol. The standard InChI is InChI=1S/C13H17NO4/c1-4-7-18-13(16)14-11-6-5-10(8-9(11)2)12(15)17-3/h5-6,8H,4,7H2,1-3H3,(H,14,16). The van der Waals surface area contributed by atoms with Crippen LogP contribution in [0.25, 0.3) is 0 Å². The maximum atomic E-state index is 11.4. The van der Waals surface area contributed by atoms with Crippen molar-refractivity contribution >= 4 is 17.7 Å². The Hall–Kier alpha value is -2.04. The third-order valence-electron chi connectivity index (χ3n) is 2.32. The fraction of sp³-hybridized carbons (Fsp3) is 0.385. The molecule has 1 rings (SSSR count). The second-order valence-corrected chi connectivity index (χ2v) is 3.78. The minimum Gasteiger partial charge on any atom is -0.465 e. The third-order valence-corrected chi connectivity index (χ3v) is 2.32. The van der Waals surface area contributed by atoms with Crippen molar-refractivity contribution in [2.24, 2.45) is 0 Å². The maximum Gasteiger partial charge on any atom is 0.411 e. The lowest BCUT2D eigenvalue weighted by Gasteiger charge is -2.09. The van der Waals surface area contributed by atoms with Crippen LogP contribution >= 0.6 is 0 Å². The number of nitrogens with one attached hydrogen (secondary N) is 1. The zero-order valence-corrected chi connectivity index (χ0v) is 10.8. The van der Waals surface area contributed by atoms with E-state index >= 15 is 0 Å². The summed E-state index contributed by atoms with van der Waals surface area (Å²) in [5.41, 5.74) is 1.83. The molecule has 0 aliphatic carbocycles. The van der Waals surface area contributed by atoms with Crippen LogP contribution in [0.2, 0.25) is 0 Å². The maximum absolute atomic E-state index is 11.4. The molecule has 0 bridgehead atoms. The molecule has 0 fully saturated rings. The van der Waals surface area contributed by atoms with Crippen molar-refractivity contribution < 1.29 is 19.1 Å². The zero-order chi connectivity index (χ0) is 13.5. The molecule has 18 heavy (non-hydrogen) atoms. The summed E-state index contributed by atoms with van der Waals surface area (Å²) < 4.78 is 9.52. The predicted molar refractivity (Wildman–Crippen MR) is 67.8 cm³/mol. The van der Waals surface area contributed by atoms with Gasteiger partial charge in [0.05, 0.1) is 19.3 Å². The average molecular weight is 251 g/mol. The van der Waals surface area contributed by atoms with E-state index in [1.165, 1.54) is 7.11 Å². The van der Waals surface area contributed by atoms with Crippen molar-refractivity contribution in [3.05, 3.63) is 29.3 Å². The number of aryl methyl sites for hydroxylation is 1. The highest BCUT2D eigenvalue weighted by Gasteiger charge is 2.09. The molecule has 0 aliphatic rings. The van der Waals surface area contributed by atoms with Gasteiger partial charge < -0.3 is 9.47 Å². The number of rotatable bonds is 4. The lowest BCUT2D eigenvalue weighted by Crippen LogP contribution is -2.15. The largest absolute Gasteiger partial charge is 0.465 e. The summed E-state index contributed by atoms with van der Waals surface area (Å²) in [4.78, 5) is 22.7. The van der Waals surface area contributed by atoms with Crippen molar-refractivity contribution in [3.8, 4) is 0 Å². The van der Waals surface area contributed by atoms with Crippen molar-refractivity contribution in [3.63, 3.8) is 0 Å². The smallest absolute Gasteiger partial charge is 0.411 e. The Morgan fingerprint density at radius 3 is 2.61 bits per heavy atom. The molecule has 1 amide bonds. The number of benzene rings is 1. The van der Waals surface area contributed by atoms with Crippen LogP contribution in [0, 0.1) is 6.92 Å². The fourth-order valence-electron chi connectivity index (χ4n) is 1.39. The molecule has 1 N–H and O–H groups in total. The van der Waals surface area contributed by atoms with Gasteiger partial charge in [-0.25, -0.2) is 9.59 Å². The van der Waals surface area contributed by atoms with Crippen LogP contribution in [0.3, 0.4) is 0 Å². The van der Waals surface area contributed by atoms with E-state index in [1.54, 1.807) is 25.1 Å². The quantitative estimate of drug-likeness (QED) is 0.836. The van der Waals surface area contributed by atoms with Gasteiger partial charge in [-0.05, 0) is 37.1 Å². The van der Waals surface area contributed by atoms with Gasteiger partial charge >= 0.3 is 12.1 Å². The zero-order valence-electron chi connectivity index (χ0n) is 10.8. The molecular weight excluding hydrogens is 234 g/mol. The van der Waals surface area contributed by atoms with E-state index in [2.05, 4.69) is 10.1 Å². The van der Waals surface area contributed by atoms with E-state index in [-0.39, 0.29) is 0 Å². The van der Waals surface area contributed by atoms with Crippen LogP contribution in [0.4, 0.5) is 10.5 Å². The molecule has 0 spiro atoms. The number of hydrogen-bond donors (Lipinski definition) is 1. The van der Waals surface area contributed by atoms with Gasteiger partial charge in [0.15, 0.2) is 0 Å². The van der Waals surface area contributed by atoms with Crippen LogP contribution < -0.4 is 5.32 Å². The molecule has 98 valence electrons. The Bertz CT molecular complexity index is 443. The van der Waals surface area contributed by atoms with Crippen LogP contribution in [-0.4, -0.2) is 25.8 Å². The van der Waals surface area contributed by atoms with E-state index < -0.39 is 12.1 Å². The first-order valence-corrected chi connectivity index (χ1v) is 5.71. The van der Waals surface area contributed by atoms with Gasteiger partial charge in [-0.15, -0.1) is 0 Å². The molecule has 0 heterocycles. The molecule has 0 saturated carbocycles. The number of hydrogen-bond acceptors (Lipinski definition) is 4. The molecule has 5 nitrogen and oxygen atoms in total. The van der Waals surface area contributed by atoms with Gasteiger partial charge in [0.2, 0.25) is 0 Å². The summed E-state index contributed by atoms with van der Waals surface area (Å²) in [6, 6.07) is 4.89. The van der Waals surface area contributed by atoms with Crippen LogP contribution in [-0.2, 0) is 9.47 Å². The number of anilines is 1. The average Bonchev–Trinajstić information content (AvgIpc) is 2.37. The number of amides is 1. The molecule has 0 aromatic heterocycles. The highest BCUT2D eigenvalue weighted by molar-refractivity contribution is 5.91. The highest BCUT2D eigenvalue weighted by Crippen LogP contribution is 2.17. The Morgan fingerprint density at radius 2 is 2.06 bits per heavy atom. The minimum absolute atomic E-state index is 0.380. The van der Waals surface area contributed by atoms with E-state index in [4.69, 9.17) is 4.74 Å². The van der Waals surface area contributed by atoms with E-state index in [0.29, 0.717) is 17.9 Å². The topological polar surface area (TPSA) is 64.6 Å². The second-order valence-electron chi connectivity index (χ2n) is 3.78. The van der Waals surface area contributed by atoms with Crippen LogP contribution in [0.1, 0.15) is 29.3 Å². The summed E-state index contributed by atoms with van der Waals surface area (Å²) in [5, 5.41) is 2.62. The Morgan fingerprint density at radius 1 is 1.33 bits per heavy atom. The van der Waals surface area contributed by atoms with Gasteiger partial charge in [0.1, 0.15) is 0 Å². The van der Waals surface area contributed by atoms with Gasteiger partial charge in [0, 0.05) is 5.69 Å². The lowest BCUT2D eigenvalue weighted by molar-refractivity contribution is 0.0600. The van der Waals surface area contributed by atoms with Gasteiger partial charge in [-0.1, -0.05) is 6.92 Å². The molecule has 1 aromatic carbocycles. The van der Waals surface area contributed by atoms with Crippen molar-refractivity contribution in [1.82, 2.24) is 0 Å². The molecular formula is C13H17NO4. The first-order chi connectivity index (χ1) is 8.58. The Kier molecular flexibility index (Phi) is 5.17. The van der Waals surface area contributed by atoms with Gasteiger partial charge in [-0.3, -0.25) is 5.32 Å². The number of methoxy groups -OCH3 is 1. The third kappa shape index (κ3) is 3.76. The first-order valence-electron chi connectivity index (χ1n) is 5.71. The van der Waals surface area contributed by atoms with Crippen LogP contribution in [0.15, 0.2) is 18.2 Å². The fourth-order valence-corrected chi connectivity index (χ4v) is 1.39. The lowest BCUT2D eigenvalue weighted by atomic mass is 10.1. The molecule has 1 aromatic rings. The van der Waals surface area contributed by atoms with E-state index in [0.717, 1.165) is 12.0 Å². The van der Waals surface area contributed by atoms with Gasteiger partial charge in [0.25, 0.3) is 0 Å². The number of carbonyl (C=O) groups excluding carboxylic acids is 2. The molecule has 0 aliphatic heterocycles. The Labute approximate surface area is 106 Å². The summed E-state index contributed by atoms with van der Waals surface area (Å²) in [7, 11) is 1.33. The second kappa shape index (κ2) is 6.64. The number of carbonyl (C=O) groups is 2. The van der Waals surface area contributed by atoms with Gasteiger partial charge in [-0.2, -0.15) is 0 Å². The first kappa shape index (κ1) is 14.0. The normalized spacial score (nSPS) is 9.72. The molecule has 0 unspecified atom stereocenters. The number of ether oxygens (including phenoxy) is 2. The summed E-state index contributed by atoms with van der Waals surface area (Å²) in [5.74, 6) is -0.404.